The van der Waals surface area contributed by atoms with E-state index in [9.17, 15) is 4.79 Å². The maximum Gasteiger partial charge on any atom is 0.297 e. The van der Waals surface area contributed by atoms with Crippen molar-refractivity contribution in [2.75, 3.05) is 19.8 Å². The quantitative estimate of drug-likeness (QED) is 0.195. The van der Waals surface area contributed by atoms with Crippen LogP contribution in [0.25, 0.3) is 10.9 Å². The van der Waals surface area contributed by atoms with Crippen LogP contribution in [0.1, 0.15) is 105 Å². The molecule has 192 valence electrons. The van der Waals surface area contributed by atoms with Crippen LogP contribution in [0, 0.1) is 0 Å². The number of pyridine rings is 1. The highest BCUT2D eigenvalue weighted by Crippen LogP contribution is 2.35. The van der Waals surface area contributed by atoms with Crippen molar-refractivity contribution in [3.05, 3.63) is 28.6 Å². The predicted molar refractivity (Wildman–Crippen MR) is 143 cm³/mol. The lowest BCUT2D eigenvalue weighted by Crippen LogP contribution is -2.24. The molecule has 0 aliphatic carbocycles. The highest BCUT2D eigenvalue weighted by atomic mass is 16.5. The molecular formula is C29H47NO4. The van der Waals surface area contributed by atoms with Crippen LogP contribution in [0.3, 0.4) is 0 Å². The van der Waals surface area contributed by atoms with Crippen LogP contribution in [0.15, 0.2) is 23.0 Å². The summed E-state index contributed by atoms with van der Waals surface area (Å²) >= 11 is 0. The van der Waals surface area contributed by atoms with Gasteiger partial charge >= 0.3 is 0 Å². The third-order valence-electron chi connectivity index (χ3n) is 6.14. The molecule has 0 aliphatic rings. The van der Waals surface area contributed by atoms with Gasteiger partial charge in [0.1, 0.15) is 5.75 Å². The Hall–Kier alpha value is -2.17. The summed E-state index contributed by atoms with van der Waals surface area (Å²) in [5.41, 5.74) is 0.775. The van der Waals surface area contributed by atoms with Crippen LogP contribution in [-0.2, 0) is 6.54 Å². The van der Waals surface area contributed by atoms with E-state index in [2.05, 4.69) is 27.7 Å². The molecule has 0 N–H and O–H groups in total. The molecule has 0 aliphatic heterocycles. The zero-order valence-electron chi connectivity index (χ0n) is 22.1. The second kappa shape index (κ2) is 16.5. The minimum atomic E-state index is -0.0944. The minimum Gasteiger partial charge on any atom is -0.494 e. The van der Waals surface area contributed by atoms with E-state index in [1.165, 1.54) is 32.1 Å². The van der Waals surface area contributed by atoms with Gasteiger partial charge in [0.15, 0.2) is 5.75 Å². The smallest absolute Gasteiger partial charge is 0.297 e. The first-order chi connectivity index (χ1) is 16.7. The Morgan fingerprint density at radius 1 is 0.647 bits per heavy atom. The van der Waals surface area contributed by atoms with Gasteiger partial charge in [-0.05, 0) is 37.8 Å². The van der Waals surface area contributed by atoms with Gasteiger partial charge in [-0.2, -0.15) is 0 Å². The molecule has 1 aromatic heterocycles. The van der Waals surface area contributed by atoms with E-state index in [1.54, 1.807) is 0 Å². The summed E-state index contributed by atoms with van der Waals surface area (Å²) in [4.78, 5) is 13.6. The Morgan fingerprint density at radius 2 is 1.24 bits per heavy atom. The van der Waals surface area contributed by atoms with Crippen molar-refractivity contribution in [1.82, 2.24) is 4.57 Å². The van der Waals surface area contributed by atoms with Crippen LogP contribution >= 0.6 is 0 Å². The molecule has 0 spiro atoms. The fraction of sp³-hybridized carbons (Fsp3) is 0.690. The van der Waals surface area contributed by atoms with Crippen molar-refractivity contribution in [3.63, 3.8) is 0 Å². The molecule has 1 aromatic carbocycles. The zero-order valence-corrected chi connectivity index (χ0v) is 22.1. The van der Waals surface area contributed by atoms with E-state index in [-0.39, 0.29) is 5.56 Å². The molecule has 0 saturated heterocycles. The first-order valence-corrected chi connectivity index (χ1v) is 13.8. The molecule has 5 nitrogen and oxygen atoms in total. The SMILES string of the molecule is CCCCCCOc1ccc2c(OCCCC)c(OCCCCCC)c(=O)n(CCCC)c2c1. The summed E-state index contributed by atoms with van der Waals surface area (Å²) in [6, 6.07) is 6.03. The Morgan fingerprint density at radius 3 is 1.88 bits per heavy atom. The van der Waals surface area contributed by atoms with Crippen LogP contribution in [-0.4, -0.2) is 24.4 Å². The molecule has 34 heavy (non-hydrogen) atoms. The number of nitrogens with zero attached hydrogens (tertiary/aromatic N) is 1. The topological polar surface area (TPSA) is 49.7 Å². The number of benzene rings is 1. The molecular weight excluding hydrogens is 426 g/mol. The first kappa shape index (κ1) is 28.1. The third-order valence-corrected chi connectivity index (χ3v) is 6.14. The van der Waals surface area contributed by atoms with Crippen molar-refractivity contribution in [2.45, 2.75) is 111 Å². The Kier molecular flexibility index (Phi) is 13.6. The van der Waals surface area contributed by atoms with Gasteiger partial charge in [0.25, 0.3) is 5.56 Å². The van der Waals surface area contributed by atoms with Gasteiger partial charge in [0.2, 0.25) is 5.75 Å². The Balaban J connectivity index is 2.41. The van der Waals surface area contributed by atoms with Gasteiger partial charge in [-0.3, -0.25) is 4.79 Å². The molecule has 0 radical (unpaired) electrons. The Labute approximate surface area is 206 Å². The van der Waals surface area contributed by atoms with E-state index < -0.39 is 0 Å². The van der Waals surface area contributed by atoms with Crippen molar-refractivity contribution in [2.24, 2.45) is 0 Å². The number of hydrogen-bond donors (Lipinski definition) is 0. The number of fused-ring (bicyclic) bond motifs is 1. The molecule has 0 bridgehead atoms. The normalized spacial score (nSPS) is 11.2. The second-order valence-electron chi connectivity index (χ2n) is 9.17. The van der Waals surface area contributed by atoms with Gasteiger partial charge in [-0.1, -0.05) is 79.1 Å². The lowest BCUT2D eigenvalue weighted by Gasteiger charge is -2.19. The number of ether oxygens (including phenoxy) is 3. The number of hydrogen-bond acceptors (Lipinski definition) is 4. The maximum absolute atomic E-state index is 13.6. The number of aryl methyl sites for hydroxylation is 1. The molecule has 0 fully saturated rings. The summed E-state index contributed by atoms with van der Waals surface area (Å²) < 4.78 is 20.2. The maximum atomic E-state index is 13.6. The number of unbranched alkanes of at least 4 members (excludes halogenated alkanes) is 8. The fourth-order valence-corrected chi connectivity index (χ4v) is 4.02. The fourth-order valence-electron chi connectivity index (χ4n) is 4.02. The van der Waals surface area contributed by atoms with E-state index in [0.29, 0.717) is 37.9 Å². The van der Waals surface area contributed by atoms with E-state index in [1.807, 2.05) is 22.8 Å². The van der Waals surface area contributed by atoms with E-state index in [0.717, 1.165) is 61.6 Å². The van der Waals surface area contributed by atoms with Crippen molar-refractivity contribution >= 4 is 10.9 Å². The van der Waals surface area contributed by atoms with Gasteiger partial charge < -0.3 is 18.8 Å². The number of rotatable bonds is 19. The summed E-state index contributed by atoms with van der Waals surface area (Å²) in [6.45, 7) is 11.2. The van der Waals surface area contributed by atoms with Crippen LogP contribution in [0.5, 0.6) is 17.2 Å². The Bertz CT molecular complexity index is 890. The monoisotopic (exact) mass is 473 g/mol. The highest BCUT2D eigenvalue weighted by molar-refractivity contribution is 5.89. The van der Waals surface area contributed by atoms with E-state index >= 15 is 0 Å². The molecule has 5 heteroatoms. The highest BCUT2D eigenvalue weighted by Gasteiger charge is 2.20. The summed E-state index contributed by atoms with van der Waals surface area (Å²) in [5.74, 6) is 1.76. The standard InChI is InChI=1S/C29H47NO4/c1-5-9-13-15-21-32-24-17-18-25-26(23-24)30(19-11-7-3)29(31)28(27(25)33-20-12-8-4)34-22-16-14-10-6-2/h17-18,23H,5-16,19-22H2,1-4H3. The molecule has 1 heterocycles. The van der Waals surface area contributed by atoms with Gasteiger partial charge in [-0.25, -0.2) is 0 Å². The lowest BCUT2D eigenvalue weighted by molar-refractivity contribution is 0.258. The molecule has 2 rings (SSSR count). The largest absolute Gasteiger partial charge is 0.494 e. The van der Waals surface area contributed by atoms with Crippen LogP contribution < -0.4 is 19.8 Å². The first-order valence-electron chi connectivity index (χ1n) is 13.8. The average Bonchev–Trinajstić information content (AvgIpc) is 2.84. The molecule has 0 saturated carbocycles. The minimum absolute atomic E-state index is 0.0944. The van der Waals surface area contributed by atoms with Crippen molar-refractivity contribution in [3.8, 4) is 17.2 Å². The van der Waals surface area contributed by atoms with Crippen LogP contribution in [0.4, 0.5) is 0 Å². The summed E-state index contributed by atoms with van der Waals surface area (Å²) in [5, 5.41) is 0.925. The second-order valence-corrected chi connectivity index (χ2v) is 9.17. The average molecular weight is 474 g/mol. The third kappa shape index (κ3) is 8.56. The zero-order chi connectivity index (χ0) is 24.6. The van der Waals surface area contributed by atoms with Crippen LogP contribution in [0.2, 0.25) is 0 Å². The molecule has 0 amide bonds. The van der Waals surface area contributed by atoms with Crippen molar-refractivity contribution in [1.29, 1.82) is 0 Å². The predicted octanol–water partition coefficient (Wildman–Crippen LogP) is 7.90. The number of aromatic nitrogens is 1. The molecule has 2 aromatic rings. The summed E-state index contributed by atoms with van der Waals surface area (Å²) in [7, 11) is 0. The van der Waals surface area contributed by atoms with Gasteiger partial charge in [-0.15, -0.1) is 0 Å². The lowest BCUT2D eigenvalue weighted by atomic mass is 10.1. The van der Waals surface area contributed by atoms with Gasteiger partial charge in [0.05, 0.1) is 25.3 Å². The molecule has 0 unspecified atom stereocenters. The van der Waals surface area contributed by atoms with E-state index in [4.69, 9.17) is 14.2 Å². The summed E-state index contributed by atoms with van der Waals surface area (Å²) in [6.07, 6.45) is 13.0. The molecule has 0 atom stereocenters. The van der Waals surface area contributed by atoms with Gasteiger partial charge in [0, 0.05) is 18.0 Å². The van der Waals surface area contributed by atoms with Crippen molar-refractivity contribution < 1.29 is 14.2 Å².